The molecule has 0 aromatic carbocycles. The van der Waals surface area contributed by atoms with Gasteiger partial charge in [-0.3, -0.25) is 4.79 Å². The molecule has 2 aliphatic rings. The van der Waals surface area contributed by atoms with E-state index in [1.54, 1.807) is 11.1 Å². The number of piperazine rings is 1. The van der Waals surface area contributed by atoms with E-state index < -0.39 is 6.04 Å². The zero-order valence-electron chi connectivity index (χ0n) is 16.4. The van der Waals surface area contributed by atoms with Crippen molar-refractivity contribution in [2.24, 2.45) is 5.92 Å². The summed E-state index contributed by atoms with van der Waals surface area (Å²) < 4.78 is 0. The quantitative estimate of drug-likeness (QED) is 0.828. The molecule has 0 spiro atoms. The number of aromatic nitrogens is 1. The molecule has 7 heteroatoms. The number of amides is 3. The van der Waals surface area contributed by atoms with Crippen LogP contribution in [0.4, 0.5) is 10.6 Å². The number of nitrogens with one attached hydrogen (secondary N) is 2. The summed E-state index contributed by atoms with van der Waals surface area (Å²) >= 11 is 0. The molecule has 1 aromatic rings. The second kappa shape index (κ2) is 9.06. The van der Waals surface area contributed by atoms with Crippen LogP contribution in [0.5, 0.6) is 0 Å². The minimum absolute atomic E-state index is 0.0464. The van der Waals surface area contributed by atoms with Crippen molar-refractivity contribution in [2.45, 2.75) is 51.6 Å². The Balaban J connectivity index is 1.51. The highest BCUT2D eigenvalue weighted by atomic mass is 16.2. The van der Waals surface area contributed by atoms with Gasteiger partial charge < -0.3 is 20.4 Å². The van der Waals surface area contributed by atoms with Crippen molar-refractivity contribution >= 4 is 17.8 Å². The molecule has 7 nitrogen and oxygen atoms in total. The maximum Gasteiger partial charge on any atom is 0.318 e. The van der Waals surface area contributed by atoms with Crippen LogP contribution < -0.4 is 15.5 Å². The summed E-state index contributed by atoms with van der Waals surface area (Å²) in [5.74, 6) is 0.927. The lowest BCUT2D eigenvalue weighted by molar-refractivity contribution is -0.124. The van der Waals surface area contributed by atoms with Gasteiger partial charge in [0.2, 0.25) is 5.91 Å². The lowest BCUT2D eigenvalue weighted by atomic mass is 10.0. The van der Waals surface area contributed by atoms with Crippen LogP contribution in [0.1, 0.15) is 39.5 Å². The third-order valence-corrected chi connectivity index (χ3v) is 5.47. The van der Waals surface area contributed by atoms with E-state index >= 15 is 0 Å². The van der Waals surface area contributed by atoms with E-state index in [1.807, 2.05) is 32.0 Å². The molecule has 3 amide bonds. The smallest absolute Gasteiger partial charge is 0.318 e. The van der Waals surface area contributed by atoms with Gasteiger partial charge in [-0.2, -0.15) is 0 Å². The summed E-state index contributed by atoms with van der Waals surface area (Å²) in [6, 6.07) is 5.46. The average Bonchev–Trinajstić information content (AvgIpc) is 3.19. The lowest BCUT2D eigenvalue weighted by Gasteiger charge is -2.36. The van der Waals surface area contributed by atoms with E-state index in [1.165, 1.54) is 12.8 Å². The van der Waals surface area contributed by atoms with Crippen LogP contribution in [0.25, 0.3) is 0 Å². The number of rotatable bonds is 5. The maximum absolute atomic E-state index is 12.7. The Morgan fingerprint density at radius 1 is 1.11 bits per heavy atom. The van der Waals surface area contributed by atoms with E-state index in [0.29, 0.717) is 13.1 Å². The van der Waals surface area contributed by atoms with Crippen molar-refractivity contribution in [3.8, 4) is 0 Å². The predicted octanol–water partition coefficient (Wildman–Crippen LogP) is 2.00. The first-order valence-electron chi connectivity index (χ1n) is 10.1. The monoisotopic (exact) mass is 373 g/mol. The summed E-state index contributed by atoms with van der Waals surface area (Å²) in [6.07, 6.45) is 6.21. The van der Waals surface area contributed by atoms with E-state index in [2.05, 4.69) is 20.5 Å². The van der Waals surface area contributed by atoms with Gasteiger partial charge in [-0.15, -0.1) is 0 Å². The molecule has 1 saturated heterocycles. The van der Waals surface area contributed by atoms with Crippen molar-refractivity contribution in [2.75, 3.05) is 31.1 Å². The molecule has 148 valence electrons. The van der Waals surface area contributed by atoms with E-state index in [0.717, 1.165) is 31.7 Å². The molecule has 2 N–H and O–H groups in total. The van der Waals surface area contributed by atoms with Gasteiger partial charge in [0.1, 0.15) is 11.9 Å². The Morgan fingerprint density at radius 2 is 1.81 bits per heavy atom. The minimum atomic E-state index is -0.494. The number of hydrogen-bond donors (Lipinski definition) is 2. The molecule has 1 aliphatic carbocycles. The highest BCUT2D eigenvalue weighted by molar-refractivity contribution is 5.87. The minimum Gasteiger partial charge on any atom is -0.353 e. The maximum atomic E-state index is 12.7. The molecule has 1 atom stereocenters. The molecule has 1 saturated carbocycles. The predicted molar refractivity (Wildman–Crippen MR) is 106 cm³/mol. The molecule has 0 radical (unpaired) electrons. The molecule has 2 heterocycles. The summed E-state index contributed by atoms with van der Waals surface area (Å²) in [4.78, 5) is 33.7. The van der Waals surface area contributed by atoms with E-state index in [4.69, 9.17) is 0 Å². The Kier molecular flexibility index (Phi) is 6.53. The first kappa shape index (κ1) is 19.5. The van der Waals surface area contributed by atoms with Gasteiger partial charge in [0.25, 0.3) is 0 Å². The fourth-order valence-corrected chi connectivity index (χ4v) is 3.80. The Hall–Kier alpha value is -2.31. The van der Waals surface area contributed by atoms with Gasteiger partial charge in [0, 0.05) is 38.4 Å². The van der Waals surface area contributed by atoms with Crippen LogP contribution in [0.3, 0.4) is 0 Å². The lowest BCUT2D eigenvalue weighted by Crippen LogP contribution is -2.58. The molecule has 27 heavy (non-hydrogen) atoms. The molecule has 1 aliphatic heterocycles. The number of anilines is 1. The van der Waals surface area contributed by atoms with E-state index in [9.17, 15) is 9.59 Å². The number of carbonyl (C=O) groups excluding carboxylic acids is 2. The van der Waals surface area contributed by atoms with Crippen molar-refractivity contribution < 1.29 is 9.59 Å². The Bertz CT molecular complexity index is 623. The summed E-state index contributed by atoms with van der Waals surface area (Å²) in [5.41, 5.74) is 0. The van der Waals surface area contributed by atoms with Gasteiger partial charge in [-0.05, 0) is 30.9 Å². The number of urea groups is 1. The zero-order valence-corrected chi connectivity index (χ0v) is 16.4. The third-order valence-electron chi connectivity index (χ3n) is 5.47. The van der Waals surface area contributed by atoms with Crippen LogP contribution in [-0.4, -0.2) is 60.1 Å². The number of nitrogens with zero attached hydrogens (tertiary/aromatic N) is 3. The van der Waals surface area contributed by atoms with Crippen LogP contribution >= 0.6 is 0 Å². The fourth-order valence-electron chi connectivity index (χ4n) is 3.80. The topological polar surface area (TPSA) is 77.6 Å². The molecule has 2 fully saturated rings. The van der Waals surface area contributed by atoms with Gasteiger partial charge >= 0.3 is 6.03 Å². The highest BCUT2D eigenvalue weighted by Gasteiger charge is 2.30. The number of pyridine rings is 1. The Morgan fingerprint density at radius 3 is 2.41 bits per heavy atom. The second-order valence-corrected chi connectivity index (χ2v) is 7.82. The first-order chi connectivity index (χ1) is 13.0. The van der Waals surface area contributed by atoms with Gasteiger partial charge in [0.05, 0.1) is 0 Å². The van der Waals surface area contributed by atoms with Crippen molar-refractivity contribution in [1.82, 2.24) is 20.5 Å². The fraction of sp³-hybridized carbons (Fsp3) is 0.650. The van der Waals surface area contributed by atoms with Crippen LogP contribution in [0.2, 0.25) is 0 Å². The standard InChI is InChI=1S/C20H31N5O2/c1-15(2)18(19(26)22-16-7-3-4-8-16)23-20(27)25-13-11-24(12-14-25)17-9-5-6-10-21-17/h5-6,9-10,15-16,18H,3-4,7-8,11-14H2,1-2H3,(H,22,26)(H,23,27)/t18-/m1/s1. The van der Waals surface area contributed by atoms with Gasteiger partial charge in [0.15, 0.2) is 0 Å². The third kappa shape index (κ3) is 5.11. The largest absolute Gasteiger partial charge is 0.353 e. The average molecular weight is 374 g/mol. The number of carbonyl (C=O) groups is 2. The van der Waals surface area contributed by atoms with Crippen molar-refractivity contribution in [3.63, 3.8) is 0 Å². The van der Waals surface area contributed by atoms with E-state index in [-0.39, 0.29) is 23.9 Å². The molecule has 1 aromatic heterocycles. The first-order valence-corrected chi connectivity index (χ1v) is 10.1. The summed E-state index contributed by atoms with van der Waals surface area (Å²) in [5, 5.41) is 6.06. The van der Waals surface area contributed by atoms with Crippen molar-refractivity contribution in [1.29, 1.82) is 0 Å². The van der Waals surface area contributed by atoms with Gasteiger partial charge in [-0.25, -0.2) is 9.78 Å². The zero-order chi connectivity index (χ0) is 19.2. The normalized spacial score (nSPS) is 19.2. The number of hydrogen-bond acceptors (Lipinski definition) is 4. The summed E-state index contributed by atoms with van der Waals surface area (Å²) in [6.45, 7) is 6.67. The molecular weight excluding hydrogens is 342 g/mol. The molecular formula is C20H31N5O2. The van der Waals surface area contributed by atoms with Crippen molar-refractivity contribution in [3.05, 3.63) is 24.4 Å². The SMILES string of the molecule is CC(C)[C@@H](NC(=O)N1CCN(c2ccccn2)CC1)C(=O)NC1CCCC1. The molecule has 0 bridgehead atoms. The van der Waals surface area contributed by atoms with Crippen LogP contribution in [0.15, 0.2) is 24.4 Å². The van der Waals surface area contributed by atoms with Crippen LogP contribution in [-0.2, 0) is 4.79 Å². The van der Waals surface area contributed by atoms with Crippen LogP contribution in [0, 0.1) is 5.92 Å². The molecule has 0 unspecified atom stereocenters. The van der Waals surface area contributed by atoms with Gasteiger partial charge in [-0.1, -0.05) is 32.8 Å². The summed E-state index contributed by atoms with van der Waals surface area (Å²) in [7, 11) is 0. The Labute approximate surface area is 161 Å². The second-order valence-electron chi connectivity index (χ2n) is 7.82. The molecule has 3 rings (SSSR count). The highest BCUT2D eigenvalue weighted by Crippen LogP contribution is 2.18.